The third kappa shape index (κ3) is 6.16. The van der Waals surface area contributed by atoms with E-state index in [2.05, 4.69) is 95.9 Å². The first-order chi connectivity index (χ1) is 22.7. The van der Waals surface area contributed by atoms with E-state index in [1.165, 1.54) is 54.4 Å². The van der Waals surface area contributed by atoms with Gasteiger partial charge in [-0.05, 0) is 60.6 Å². The van der Waals surface area contributed by atoms with E-state index in [0.29, 0.717) is 0 Å². The van der Waals surface area contributed by atoms with Crippen molar-refractivity contribution in [2.24, 2.45) is 9.98 Å². The zero-order valence-electron chi connectivity index (χ0n) is 26.4. The summed E-state index contributed by atoms with van der Waals surface area (Å²) in [4.78, 5) is 28.3. The van der Waals surface area contributed by atoms with Gasteiger partial charge in [0.15, 0.2) is 0 Å². The third-order valence-electron chi connectivity index (χ3n) is 9.71. The van der Waals surface area contributed by atoms with E-state index in [-0.39, 0.29) is 18.1 Å². The summed E-state index contributed by atoms with van der Waals surface area (Å²) in [5, 5.41) is 3.71. The van der Waals surface area contributed by atoms with Gasteiger partial charge in [0.05, 0.1) is 10.6 Å². The molecular formula is C40H42N3OPS. The number of hydrogen-bond acceptors (Lipinski definition) is 3. The predicted molar refractivity (Wildman–Crippen MR) is 193 cm³/mol. The second kappa shape index (κ2) is 14.3. The van der Waals surface area contributed by atoms with Crippen molar-refractivity contribution in [2.45, 2.75) is 76.3 Å². The summed E-state index contributed by atoms with van der Waals surface area (Å²) in [6.45, 7) is -2.49. The lowest BCUT2D eigenvalue weighted by molar-refractivity contribution is 0.111. The Balaban J connectivity index is 1.57. The largest absolute Gasteiger partial charge is 0.345 e. The minimum atomic E-state index is -2.49. The minimum absolute atomic E-state index is 0.0511. The van der Waals surface area contributed by atoms with E-state index in [1.54, 1.807) is 11.3 Å². The highest BCUT2D eigenvalue weighted by atomic mass is 32.1. The quantitative estimate of drug-likeness (QED) is 0.172. The van der Waals surface area contributed by atoms with Gasteiger partial charge < -0.3 is 4.90 Å². The molecule has 0 N–H and O–H groups in total. The average molecular weight is 644 g/mol. The van der Waals surface area contributed by atoms with Crippen molar-refractivity contribution in [1.82, 2.24) is 4.90 Å². The Bertz CT molecular complexity index is 1810. The molecule has 2 aliphatic rings. The van der Waals surface area contributed by atoms with E-state index in [1.807, 2.05) is 30.3 Å². The minimum Gasteiger partial charge on any atom is -0.317 e. The number of para-hydroxylation sites is 1. The number of carbonyl (C=O) groups excluding carboxylic acids is 1. The van der Waals surface area contributed by atoms with Gasteiger partial charge >= 0.3 is 6.03 Å². The highest BCUT2D eigenvalue weighted by molar-refractivity contribution is 7.89. The van der Waals surface area contributed by atoms with Crippen molar-refractivity contribution >= 4 is 45.9 Å². The number of rotatable bonds is 6. The van der Waals surface area contributed by atoms with Gasteiger partial charge in [-0.1, -0.05) is 159 Å². The molecule has 234 valence electrons. The molecule has 4 aromatic carbocycles. The summed E-state index contributed by atoms with van der Waals surface area (Å²) in [5.41, 5.74) is 0.909. The number of benzene rings is 4. The molecule has 7 rings (SSSR count). The fourth-order valence-corrected chi connectivity index (χ4v) is 13.5. The Morgan fingerprint density at radius 2 is 0.978 bits per heavy atom. The number of amides is 2. The van der Waals surface area contributed by atoms with Gasteiger partial charge in [0.2, 0.25) is 0 Å². The van der Waals surface area contributed by atoms with Crippen LogP contribution in [0.25, 0.3) is 0 Å². The predicted octanol–water partition coefficient (Wildman–Crippen LogP) is 8.37. The molecule has 0 saturated heterocycles. The number of urea groups is 1. The van der Waals surface area contributed by atoms with Crippen LogP contribution in [0.3, 0.4) is 0 Å². The van der Waals surface area contributed by atoms with Gasteiger partial charge in [-0.2, -0.15) is 4.99 Å². The first-order valence-corrected chi connectivity index (χ1v) is 19.5. The molecule has 46 heavy (non-hydrogen) atoms. The third-order valence-corrected chi connectivity index (χ3v) is 15.3. The fourth-order valence-electron chi connectivity index (χ4n) is 7.55. The standard InChI is InChI=1S/C40H42N3OPS/c44-40(43(32-21-9-2-10-22-32)33-23-11-3-12-24-33)42-39-37(38(46-39)41-31-19-7-1-8-20-31)45(34-25-13-4-14-26-34,35-27-15-5-16-28-35)36-29-17-6-18-30-36/h1,4-8,13-20,25-30,32-33H,2-3,9-12,21-24H2. The molecule has 2 saturated carbocycles. The molecule has 4 nitrogen and oxygen atoms in total. The summed E-state index contributed by atoms with van der Waals surface area (Å²) in [5.74, 6) is 0. The average Bonchev–Trinajstić information content (AvgIpc) is 3.12. The first kappa shape index (κ1) is 30.8. The summed E-state index contributed by atoms with van der Waals surface area (Å²) >= 11 is 1.57. The van der Waals surface area contributed by atoms with Crippen molar-refractivity contribution in [1.29, 1.82) is 0 Å². The highest BCUT2D eigenvalue weighted by Crippen LogP contribution is 2.46. The van der Waals surface area contributed by atoms with Crippen LogP contribution in [0.15, 0.2) is 131 Å². The van der Waals surface area contributed by atoms with E-state index in [0.717, 1.165) is 45.7 Å². The van der Waals surface area contributed by atoms with Crippen LogP contribution in [-0.2, 0) is 0 Å². The molecule has 6 heteroatoms. The Morgan fingerprint density at radius 1 is 0.565 bits per heavy atom. The van der Waals surface area contributed by atoms with Gasteiger partial charge in [-0.3, -0.25) is 0 Å². The van der Waals surface area contributed by atoms with Crippen LogP contribution in [0.4, 0.5) is 10.5 Å². The lowest BCUT2D eigenvalue weighted by Crippen LogP contribution is -2.48. The topological polar surface area (TPSA) is 45.0 Å². The molecule has 2 fully saturated rings. The molecule has 1 aromatic heterocycles. The zero-order chi connectivity index (χ0) is 31.2. The SMILES string of the molecule is O=C(N=c1sc(=Nc2ccccc2)c1=P(c1ccccc1)(c1ccccc1)c1ccccc1)N(C1CCCCC1)C1CCCCC1. The second-order valence-electron chi connectivity index (χ2n) is 12.6. The summed E-state index contributed by atoms with van der Waals surface area (Å²) in [6, 6.07) is 43.2. The molecule has 5 aromatic rings. The van der Waals surface area contributed by atoms with Crippen LogP contribution in [0.1, 0.15) is 64.2 Å². The van der Waals surface area contributed by atoms with Crippen molar-refractivity contribution in [2.75, 3.05) is 0 Å². The van der Waals surface area contributed by atoms with Crippen molar-refractivity contribution in [3.8, 4) is 0 Å². The maximum absolute atomic E-state index is 14.6. The smallest absolute Gasteiger partial charge is 0.317 e. The van der Waals surface area contributed by atoms with Gasteiger partial charge in [-0.25, -0.2) is 9.79 Å². The molecule has 0 aliphatic heterocycles. The van der Waals surface area contributed by atoms with Crippen LogP contribution in [0.2, 0.25) is 0 Å². The van der Waals surface area contributed by atoms with E-state index >= 15 is 0 Å². The summed E-state index contributed by atoms with van der Waals surface area (Å²) in [6.07, 6.45) is 11.7. The van der Waals surface area contributed by atoms with E-state index < -0.39 is 6.89 Å². The number of carbonyl (C=O) groups is 1. The Morgan fingerprint density at radius 3 is 1.41 bits per heavy atom. The van der Waals surface area contributed by atoms with Crippen LogP contribution in [-0.4, -0.2) is 23.0 Å². The molecule has 2 aliphatic carbocycles. The second-order valence-corrected chi connectivity index (χ2v) is 16.9. The number of nitrogens with zero attached hydrogens (tertiary/aromatic N) is 3. The molecular weight excluding hydrogens is 602 g/mol. The summed E-state index contributed by atoms with van der Waals surface area (Å²) in [7, 11) is 0. The number of hydrogen-bond donors (Lipinski definition) is 0. The first-order valence-electron chi connectivity index (χ1n) is 16.9. The van der Waals surface area contributed by atoms with Gasteiger partial charge in [-0.15, -0.1) is 0 Å². The molecule has 2 amide bonds. The Hall–Kier alpha value is -3.79. The lowest BCUT2D eigenvalue weighted by Gasteiger charge is -2.40. The van der Waals surface area contributed by atoms with E-state index in [9.17, 15) is 4.79 Å². The van der Waals surface area contributed by atoms with Crippen LogP contribution in [0.5, 0.6) is 0 Å². The van der Waals surface area contributed by atoms with Gasteiger partial charge in [0, 0.05) is 12.1 Å². The van der Waals surface area contributed by atoms with Gasteiger partial charge in [0.1, 0.15) is 9.34 Å². The summed E-state index contributed by atoms with van der Waals surface area (Å²) < 4.78 is 1.77. The fraction of sp³-hybridized carbons (Fsp3) is 0.300. The van der Waals surface area contributed by atoms with Crippen LogP contribution in [0, 0.1) is 4.94 Å². The normalized spacial score (nSPS) is 17.3. The van der Waals surface area contributed by atoms with Gasteiger partial charge in [0.25, 0.3) is 0 Å². The lowest BCUT2D eigenvalue weighted by atomic mass is 9.89. The van der Waals surface area contributed by atoms with Crippen molar-refractivity contribution in [3.63, 3.8) is 0 Å². The van der Waals surface area contributed by atoms with Crippen molar-refractivity contribution in [3.05, 3.63) is 136 Å². The molecule has 0 bridgehead atoms. The van der Waals surface area contributed by atoms with Crippen LogP contribution < -0.4 is 25.3 Å². The molecule has 0 spiro atoms. The molecule has 0 radical (unpaired) electrons. The monoisotopic (exact) mass is 643 g/mol. The van der Waals surface area contributed by atoms with E-state index in [4.69, 9.17) is 9.98 Å². The maximum Gasteiger partial charge on any atom is 0.345 e. The maximum atomic E-state index is 14.6. The molecule has 1 heterocycles. The van der Waals surface area contributed by atoms with Crippen LogP contribution >= 0.6 is 18.2 Å². The highest BCUT2D eigenvalue weighted by Gasteiger charge is 2.34. The Kier molecular flexibility index (Phi) is 9.60. The molecule has 0 unspecified atom stereocenters. The molecule has 0 atom stereocenters. The Labute approximate surface area is 276 Å². The van der Waals surface area contributed by atoms with Crippen molar-refractivity contribution < 1.29 is 4.79 Å². The zero-order valence-corrected chi connectivity index (χ0v) is 28.1.